The number of aromatic amines is 1. The standard InChI is InChI=1S/C24H31N3O3S/c1-27(2)19-12-10-18(11-13-19)22(23-15-25-24-9-4-3-8-21(23)24)16-26-31(28,29)17-20-7-5-6-14-30-20/h3-4,8-13,15,20,22,25-26H,5-7,14,16-17H2,1-2H3. The second-order valence-electron chi connectivity index (χ2n) is 8.45. The first kappa shape index (κ1) is 21.9. The molecule has 1 aliphatic rings. The van der Waals surface area contributed by atoms with Crippen LogP contribution in [-0.2, 0) is 14.8 Å². The van der Waals surface area contributed by atoms with Crippen LogP contribution in [0, 0.1) is 0 Å². The molecule has 2 unspecified atom stereocenters. The Hall–Kier alpha value is -2.35. The minimum atomic E-state index is -3.44. The molecule has 0 amide bonds. The van der Waals surface area contributed by atoms with E-state index in [4.69, 9.17) is 4.74 Å². The third-order valence-electron chi connectivity index (χ3n) is 6.00. The number of anilines is 1. The molecule has 1 fully saturated rings. The summed E-state index contributed by atoms with van der Waals surface area (Å²) in [4.78, 5) is 5.38. The van der Waals surface area contributed by atoms with Gasteiger partial charge in [0.2, 0.25) is 10.0 Å². The second kappa shape index (κ2) is 9.42. The lowest BCUT2D eigenvalue weighted by Gasteiger charge is -2.24. The molecule has 0 spiro atoms. The molecular weight excluding hydrogens is 410 g/mol. The van der Waals surface area contributed by atoms with Gasteiger partial charge in [-0.05, 0) is 48.6 Å². The number of nitrogens with zero attached hydrogens (tertiary/aromatic N) is 1. The van der Waals surface area contributed by atoms with E-state index >= 15 is 0 Å². The summed E-state index contributed by atoms with van der Waals surface area (Å²) in [5, 5.41) is 1.11. The molecule has 1 aromatic heterocycles. The minimum Gasteiger partial charge on any atom is -0.378 e. The van der Waals surface area contributed by atoms with Crippen molar-refractivity contribution in [2.24, 2.45) is 0 Å². The van der Waals surface area contributed by atoms with Gasteiger partial charge in [-0.25, -0.2) is 13.1 Å². The van der Waals surface area contributed by atoms with Crippen LogP contribution in [0.1, 0.15) is 36.3 Å². The lowest BCUT2D eigenvalue weighted by Crippen LogP contribution is -2.37. The van der Waals surface area contributed by atoms with E-state index in [1.54, 1.807) is 0 Å². The number of rotatable bonds is 8. The fourth-order valence-corrected chi connectivity index (χ4v) is 5.54. The Morgan fingerprint density at radius 1 is 1.13 bits per heavy atom. The van der Waals surface area contributed by atoms with Gasteiger partial charge in [-0.2, -0.15) is 0 Å². The highest BCUT2D eigenvalue weighted by Gasteiger charge is 2.25. The number of hydrogen-bond acceptors (Lipinski definition) is 4. The van der Waals surface area contributed by atoms with E-state index in [1.165, 1.54) is 0 Å². The molecule has 2 aromatic carbocycles. The van der Waals surface area contributed by atoms with E-state index in [2.05, 4.69) is 44.9 Å². The van der Waals surface area contributed by atoms with E-state index in [1.807, 2.05) is 38.5 Å². The van der Waals surface area contributed by atoms with Gasteiger partial charge in [0.25, 0.3) is 0 Å². The maximum atomic E-state index is 12.8. The summed E-state index contributed by atoms with van der Waals surface area (Å²) in [5.41, 5.74) is 4.32. The number of benzene rings is 2. The Labute approximate surface area is 184 Å². The molecule has 1 aliphatic heterocycles. The van der Waals surface area contributed by atoms with Gasteiger partial charge in [-0.15, -0.1) is 0 Å². The van der Waals surface area contributed by atoms with E-state index in [-0.39, 0.29) is 17.8 Å². The number of nitrogens with one attached hydrogen (secondary N) is 2. The van der Waals surface area contributed by atoms with Gasteiger partial charge in [0.1, 0.15) is 0 Å². The molecule has 2 atom stereocenters. The molecule has 31 heavy (non-hydrogen) atoms. The largest absolute Gasteiger partial charge is 0.378 e. The fourth-order valence-electron chi connectivity index (χ4n) is 4.25. The summed E-state index contributed by atoms with van der Waals surface area (Å²) in [6.07, 6.45) is 4.62. The zero-order valence-corrected chi connectivity index (χ0v) is 19.0. The Morgan fingerprint density at radius 2 is 1.90 bits per heavy atom. The molecule has 166 valence electrons. The van der Waals surface area contributed by atoms with Crippen molar-refractivity contribution in [2.75, 3.05) is 37.9 Å². The Morgan fingerprint density at radius 3 is 2.61 bits per heavy atom. The number of hydrogen-bond donors (Lipinski definition) is 2. The van der Waals surface area contributed by atoms with Crippen molar-refractivity contribution in [1.29, 1.82) is 0 Å². The molecule has 2 heterocycles. The van der Waals surface area contributed by atoms with Crippen LogP contribution < -0.4 is 9.62 Å². The van der Waals surface area contributed by atoms with Gasteiger partial charge in [0.05, 0.1) is 11.9 Å². The van der Waals surface area contributed by atoms with Crippen LogP contribution in [0.3, 0.4) is 0 Å². The van der Waals surface area contributed by atoms with Crippen molar-refractivity contribution in [3.63, 3.8) is 0 Å². The SMILES string of the molecule is CN(C)c1ccc(C(CNS(=O)(=O)CC2CCCCO2)c2c[nH]c3ccccc23)cc1. The average molecular weight is 442 g/mol. The number of ether oxygens (including phenoxy) is 1. The number of sulfonamides is 1. The van der Waals surface area contributed by atoms with E-state index in [0.29, 0.717) is 13.2 Å². The quantitative estimate of drug-likeness (QED) is 0.557. The van der Waals surface area contributed by atoms with Gasteiger partial charge in [0, 0.05) is 56.0 Å². The van der Waals surface area contributed by atoms with E-state index in [9.17, 15) is 8.42 Å². The first-order chi connectivity index (χ1) is 14.9. The van der Waals surface area contributed by atoms with Gasteiger partial charge in [-0.1, -0.05) is 30.3 Å². The summed E-state index contributed by atoms with van der Waals surface area (Å²) in [6.45, 7) is 0.953. The van der Waals surface area contributed by atoms with Gasteiger partial charge >= 0.3 is 0 Å². The third kappa shape index (κ3) is 5.29. The minimum absolute atomic E-state index is 0.0210. The molecule has 3 aromatic rings. The normalized spacial score (nSPS) is 18.2. The number of para-hydroxylation sites is 1. The van der Waals surface area contributed by atoms with Gasteiger partial charge in [-0.3, -0.25) is 0 Å². The summed E-state index contributed by atoms with van der Waals surface area (Å²) in [7, 11) is 0.571. The van der Waals surface area contributed by atoms with Crippen LogP contribution in [0.4, 0.5) is 5.69 Å². The molecule has 0 saturated carbocycles. The van der Waals surface area contributed by atoms with Crippen molar-refractivity contribution in [1.82, 2.24) is 9.71 Å². The molecular formula is C24H31N3O3S. The van der Waals surface area contributed by atoms with Crippen molar-refractivity contribution in [3.8, 4) is 0 Å². The topological polar surface area (TPSA) is 74.4 Å². The summed E-state index contributed by atoms with van der Waals surface area (Å²) in [5.74, 6) is -0.0814. The molecule has 0 radical (unpaired) electrons. The van der Waals surface area contributed by atoms with E-state index < -0.39 is 10.0 Å². The Balaban J connectivity index is 1.59. The number of fused-ring (bicyclic) bond motifs is 1. The first-order valence-corrected chi connectivity index (χ1v) is 12.5. The van der Waals surface area contributed by atoms with Gasteiger partial charge < -0.3 is 14.6 Å². The smallest absolute Gasteiger partial charge is 0.214 e. The predicted molar refractivity (Wildman–Crippen MR) is 126 cm³/mol. The lowest BCUT2D eigenvalue weighted by molar-refractivity contribution is 0.0304. The highest BCUT2D eigenvalue weighted by atomic mass is 32.2. The van der Waals surface area contributed by atoms with Crippen molar-refractivity contribution < 1.29 is 13.2 Å². The number of aromatic nitrogens is 1. The third-order valence-corrected chi connectivity index (χ3v) is 7.41. The molecule has 7 heteroatoms. The summed E-state index contributed by atoms with van der Waals surface area (Å²) < 4.78 is 34.1. The molecule has 0 bridgehead atoms. The highest BCUT2D eigenvalue weighted by molar-refractivity contribution is 7.89. The molecule has 6 nitrogen and oxygen atoms in total. The lowest BCUT2D eigenvalue weighted by atomic mass is 9.91. The zero-order valence-electron chi connectivity index (χ0n) is 18.2. The van der Waals surface area contributed by atoms with E-state index in [0.717, 1.165) is 47.0 Å². The van der Waals surface area contributed by atoms with Crippen LogP contribution in [-0.4, -0.2) is 52.5 Å². The zero-order chi connectivity index (χ0) is 21.8. The predicted octanol–water partition coefficient (Wildman–Crippen LogP) is 3.85. The molecule has 0 aliphatic carbocycles. The van der Waals surface area contributed by atoms with Crippen LogP contribution >= 0.6 is 0 Å². The molecule has 1 saturated heterocycles. The molecule has 4 rings (SSSR count). The maximum absolute atomic E-state index is 12.8. The van der Waals surface area contributed by atoms with Crippen LogP contribution in [0.15, 0.2) is 54.7 Å². The fraction of sp³-hybridized carbons (Fsp3) is 0.417. The van der Waals surface area contributed by atoms with Gasteiger partial charge in [0.15, 0.2) is 0 Å². The van der Waals surface area contributed by atoms with Crippen LogP contribution in [0.2, 0.25) is 0 Å². The Bertz CT molecular complexity index is 1100. The maximum Gasteiger partial charge on any atom is 0.214 e. The van der Waals surface area contributed by atoms with Crippen LogP contribution in [0.5, 0.6) is 0 Å². The van der Waals surface area contributed by atoms with Crippen molar-refractivity contribution in [2.45, 2.75) is 31.3 Å². The van der Waals surface area contributed by atoms with Crippen LogP contribution in [0.25, 0.3) is 10.9 Å². The van der Waals surface area contributed by atoms with Crippen molar-refractivity contribution >= 4 is 26.6 Å². The number of H-pyrrole nitrogens is 1. The first-order valence-electron chi connectivity index (χ1n) is 10.9. The summed E-state index contributed by atoms with van der Waals surface area (Å²) >= 11 is 0. The molecule has 2 N–H and O–H groups in total. The average Bonchev–Trinajstić information content (AvgIpc) is 3.19. The second-order valence-corrected chi connectivity index (χ2v) is 10.3. The highest BCUT2D eigenvalue weighted by Crippen LogP contribution is 2.31. The van der Waals surface area contributed by atoms with Crippen molar-refractivity contribution in [3.05, 3.63) is 65.9 Å². The Kier molecular flexibility index (Phi) is 6.65. The summed E-state index contributed by atoms with van der Waals surface area (Å²) in [6, 6.07) is 16.4. The monoisotopic (exact) mass is 441 g/mol.